The Kier molecular flexibility index (Phi) is 3.29. The molecule has 0 saturated carbocycles. The maximum absolute atomic E-state index is 13.7. The lowest BCUT2D eigenvalue weighted by Crippen LogP contribution is -2.03. The number of phenols is 1. The summed E-state index contributed by atoms with van der Waals surface area (Å²) in [4.78, 5) is 0. The quantitative estimate of drug-likeness (QED) is 0.911. The van der Waals surface area contributed by atoms with Crippen molar-refractivity contribution in [2.75, 3.05) is 12.1 Å². The Hall–Kier alpha value is -2.50. The zero-order valence-corrected chi connectivity index (χ0v) is 11.2. The predicted octanol–water partition coefficient (Wildman–Crippen LogP) is 3.32. The average molecular weight is 293 g/mol. The lowest BCUT2D eigenvalue weighted by molar-refractivity contribution is 0.174. The molecule has 2 aromatic carbocycles. The molecule has 0 radical (unpaired) electrons. The number of halogens is 2. The minimum absolute atomic E-state index is 0.000239. The molecule has 0 aromatic heterocycles. The van der Waals surface area contributed by atoms with E-state index in [1.54, 1.807) is 6.07 Å². The van der Waals surface area contributed by atoms with E-state index in [2.05, 4.69) is 5.32 Å². The summed E-state index contributed by atoms with van der Waals surface area (Å²) >= 11 is 0. The third kappa shape index (κ3) is 2.56. The molecule has 0 bridgehead atoms. The molecule has 0 aliphatic carbocycles. The van der Waals surface area contributed by atoms with Crippen molar-refractivity contribution in [3.8, 4) is 17.2 Å². The lowest BCUT2D eigenvalue weighted by atomic mass is 10.1. The molecule has 1 aliphatic heterocycles. The van der Waals surface area contributed by atoms with Gasteiger partial charge in [0, 0.05) is 24.2 Å². The van der Waals surface area contributed by atoms with Crippen molar-refractivity contribution in [2.45, 2.75) is 13.5 Å². The second-order valence-electron chi connectivity index (χ2n) is 4.77. The van der Waals surface area contributed by atoms with Crippen LogP contribution < -0.4 is 14.8 Å². The first-order chi connectivity index (χ1) is 10.0. The number of ether oxygens (including phenoxy) is 2. The molecule has 1 heterocycles. The molecule has 0 amide bonds. The number of hydrogen-bond acceptors (Lipinski definition) is 4. The summed E-state index contributed by atoms with van der Waals surface area (Å²) in [6.45, 7) is 1.72. The number of fused-ring (bicyclic) bond motifs is 1. The van der Waals surface area contributed by atoms with Gasteiger partial charge < -0.3 is 19.9 Å². The van der Waals surface area contributed by atoms with Crippen molar-refractivity contribution >= 4 is 5.69 Å². The molecular weight excluding hydrogens is 280 g/mol. The predicted molar refractivity (Wildman–Crippen MR) is 72.7 cm³/mol. The molecule has 0 unspecified atom stereocenters. The van der Waals surface area contributed by atoms with Gasteiger partial charge in [0.25, 0.3) is 0 Å². The van der Waals surface area contributed by atoms with Crippen molar-refractivity contribution < 1.29 is 23.4 Å². The largest absolute Gasteiger partial charge is 0.507 e. The zero-order valence-electron chi connectivity index (χ0n) is 11.2. The molecule has 2 aromatic rings. The van der Waals surface area contributed by atoms with E-state index in [4.69, 9.17) is 9.47 Å². The van der Waals surface area contributed by atoms with Gasteiger partial charge in [-0.15, -0.1) is 0 Å². The molecule has 4 nitrogen and oxygen atoms in total. The van der Waals surface area contributed by atoms with E-state index in [1.165, 1.54) is 13.0 Å². The monoisotopic (exact) mass is 293 g/mol. The molecule has 1 aliphatic rings. The fourth-order valence-corrected chi connectivity index (χ4v) is 2.09. The number of benzene rings is 2. The summed E-state index contributed by atoms with van der Waals surface area (Å²) < 4.78 is 37.5. The fraction of sp³-hybridized carbons (Fsp3) is 0.200. The van der Waals surface area contributed by atoms with E-state index >= 15 is 0 Å². The van der Waals surface area contributed by atoms with Crippen LogP contribution in [0.25, 0.3) is 0 Å². The Balaban J connectivity index is 1.81. The van der Waals surface area contributed by atoms with Crippen molar-refractivity contribution in [1.29, 1.82) is 0 Å². The Bertz CT molecular complexity index is 704. The first kappa shape index (κ1) is 13.5. The van der Waals surface area contributed by atoms with E-state index in [1.807, 2.05) is 0 Å². The molecule has 21 heavy (non-hydrogen) atoms. The lowest BCUT2D eigenvalue weighted by Gasteiger charge is -2.11. The summed E-state index contributed by atoms with van der Waals surface area (Å²) in [5.41, 5.74) is 0.777. The third-order valence-corrected chi connectivity index (χ3v) is 3.29. The zero-order chi connectivity index (χ0) is 15.0. The minimum atomic E-state index is -0.547. The number of aromatic hydroxyl groups is 1. The summed E-state index contributed by atoms with van der Waals surface area (Å²) in [6, 6.07) is 5.25. The van der Waals surface area contributed by atoms with Crippen LogP contribution in [-0.2, 0) is 6.54 Å². The van der Waals surface area contributed by atoms with Gasteiger partial charge >= 0.3 is 0 Å². The van der Waals surface area contributed by atoms with Gasteiger partial charge in [0.1, 0.15) is 17.4 Å². The summed E-state index contributed by atoms with van der Waals surface area (Å²) in [5, 5.41) is 12.6. The van der Waals surface area contributed by atoms with Gasteiger partial charge in [-0.05, 0) is 24.6 Å². The van der Waals surface area contributed by atoms with E-state index in [0.717, 1.165) is 12.1 Å². The molecule has 110 valence electrons. The highest BCUT2D eigenvalue weighted by atomic mass is 19.1. The molecule has 0 spiro atoms. The van der Waals surface area contributed by atoms with Crippen LogP contribution in [0.2, 0.25) is 0 Å². The number of hydrogen-bond donors (Lipinski definition) is 2. The van der Waals surface area contributed by atoms with Crippen molar-refractivity contribution in [3.05, 3.63) is 47.0 Å². The van der Waals surface area contributed by atoms with E-state index in [0.29, 0.717) is 17.1 Å². The van der Waals surface area contributed by atoms with Crippen LogP contribution >= 0.6 is 0 Å². The molecule has 3 rings (SSSR count). The summed E-state index contributed by atoms with van der Waals surface area (Å²) in [7, 11) is 0. The van der Waals surface area contributed by atoms with Gasteiger partial charge in [0.2, 0.25) is 6.79 Å². The summed E-state index contributed by atoms with van der Waals surface area (Å²) in [6.07, 6.45) is 0. The van der Waals surface area contributed by atoms with Crippen LogP contribution in [-0.4, -0.2) is 11.9 Å². The molecular formula is C15H13F2NO3. The molecule has 0 saturated heterocycles. The van der Waals surface area contributed by atoms with Gasteiger partial charge in [-0.3, -0.25) is 0 Å². The van der Waals surface area contributed by atoms with E-state index in [9.17, 15) is 13.9 Å². The molecule has 2 N–H and O–H groups in total. The topological polar surface area (TPSA) is 50.7 Å². The first-order valence-corrected chi connectivity index (χ1v) is 6.35. The molecule has 0 fully saturated rings. The number of nitrogens with one attached hydrogen (secondary N) is 1. The van der Waals surface area contributed by atoms with Gasteiger partial charge in [-0.2, -0.15) is 0 Å². The second-order valence-corrected chi connectivity index (χ2v) is 4.77. The average Bonchev–Trinajstić information content (AvgIpc) is 2.88. The van der Waals surface area contributed by atoms with Crippen molar-refractivity contribution in [2.24, 2.45) is 0 Å². The highest BCUT2D eigenvalue weighted by molar-refractivity contribution is 5.53. The smallest absolute Gasteiger partial charge is 0.231 e. The van der Waals surface area contributed by atoms with Crippen LogP contribution in [0, 0.1) is 18.6 Å². The maximum Gasteiger partial charge on any atom is 0.231 e. The van der Waals surface area contributed by atoms with Crippen LogP contribution in [0.5, 0.6) is 17.2 Å². The van der Waals surface area contributed by atoms with Gasteiger partial charge in [-0.25, -0.2) is 8.78 Å². The van der Waals surface area contributed by atoms with Crippen LogP contribution in [0.15, 0.2) is 24.3 Å². The normalized spacial score (nSPS) is 12.5. The fourth-order valence-electron chi connectivity index (χ4n) is 2.09. The standard InChI is InChI=1S/C15H13F2NO3/c1-8-2-11(17)12(4-10(8)16)18-6-9-3-14-15(5-13(9)19)21-7-20-14/h2-5,18-19H,6-7H2,1H3. The second kappa shape index (κ2) is 5.12. The number of aryl methyl sites for hydroxylation is 1. The van der Waals surface area contributed by atoms with Crippen molar-refractivity contribution in [1.82, 2.24) is 0 Å². The van der Waals surface area contributed by atoms with Crippen molar-refractivity contribution in [3.63, 3.8) is 0 Å². The Morgan fingerprint density at radius 3 is 2.57 bits per heavy atom. The van der Waals surface area contributed by atoms with Gasteiger partial charge in [0.15, 0.2) is 11.5 Å². The Morgan fingerprint density at radius 1 is 1.10 bits per heavy atom. The number of phenolic OH excluding ortho intramolecular Hbond substituents is 1. The van der Waals surface area contributed by atoms with Crippen LogP contribution in [0.4, 0.5) is 14.5 Å². The molecule has 0 atom stereocenters. The number of anilines is 1. The third-order valence-electron chi connectivity index (χ3n) is 3.29. The van der Waals surface area contributed by atoms with E-state index in [-0.39, 0.29) is 30.3 Å². The highest BCUT2D eigenvalue weighted by Gasteiger charge is 2.17. The SMILES string of the molecule is Cc1cc(F)c(NCc2cc3c(cc2O)OCO3)cc1F. The minimum Gasteiger partial charge on any atom is -0.507 e. The Labute approximate surface area is 119 Å². The highest BCUT2D eigenvalue weighted by Crippen LogP contribution is 2.37. The Morgan fingerprint density at radius 2 is 1.81 bits per heavy atom. The van der Waals surface area contributed by atoms with Gasteiger partial charge in [0.05, 0.1) is 5.69 Å². The number of rotatable bonds is 3. The van der Waals surface area contributed by atoms with Crippen LogP contribution in [0.3, 0.4) is 0 Å². The molecule has 6 heteroatoms. The van der Waals surface area contributed by atoms with Gasteiger partial charge in [-0.1, -0.05) is 0 Å². The summed E-state index contributed by atoms with van der Waals surface area (Å²) in [5.74, 6) is -0.0633. The van der Waals surface area contributed by atoms with E-state index < -0.39 is 11.6 Å². The maximum atomic E-state index is 13.7. The first-order valence-electron chi connectivity index (χ1n) is 6.35. The van der Waals surface area contributed by atoms with Crippen LogP contribution in [0.1, 0.15) is 11.1 Å².